The summed E-state index contributed by atoms with van der Waals surface area (Å²) in [5.74, 6) is -0.910. The van der Waals surface area contributed by atoms with E-state index in [1.165, 1.54) is 12.8 Å². The monoisotopic (exact) mass is 338 g/mol. The maximum atomic E-state index is 10.2. The molecule has 2 N–H and O–H groups in total. The molecule has 0 rings (SSSR count). The summed E-state index contributed by atoms with van der Waals surface area (Å²) in [4.78, 5) is 10.2. The fraction of sp³-hybridized carbons (Fsp3) is 0.650. The second-order valence-corrected chi connectivity index (χ2v) is 5.88. The molecule has 0 aromatic carbocycles. The highest BCUT2D eigenvalue weighted by atomic mass is 16.5. The van der Waals surface area contributed by atoms with E-state index in [1.807, 2.05) is 18.2 Å². The molecule has 1 unspecified atom stereocenters. The van der Waals surface area contributed by atoms with Gasteiger partial charge in [0.2, 0.25) is 0 Å². The third kappa shape index (κ3) is 18.7. The van der Waals surface area contributed by atoms with Crippen molar-refractivity contribution in [3.8, 4) is 0 Å². The van der Waals surface area contributed by atoms with Crippen molar-refractivity contribution in [1.29, 1.82) is 0 Å². The molecule has 0 aromatic rings. The lowest BCUT2D eigenvalue weighted by atomic mass is 10.1. The molecule has 0 radical (unpaired) electrons. The second-order valence-electron chi connectivity index (χ2n) is 5.88. The molecule has 24 heavy (non-hydrogen) atoms. The summed E-state index contributed by atoms with van der Waals surface area (Å²) in [5.41, 5.74) is 0. The third-order valence-electron chi connectivity index (χ3n) is 3.51. The molecule has 0 aliphatic rings. The van der Waals surface area contributed by atoms with Crippen LogP contribution in [-0.2, 0) is 9.53 Å². The van der Waals surface area contributed by atoms with Gasteiger partial charge in [-0.25, -0.2) is 4.79 Å². The predicted octanol–water partition coefficient (Wildman–Crippen LogP) is 4.65. The number of carboxylic acid groups (broad SMARTS) is 1. The topological polar surface area (TPSA) is 66.8 Å². The highest BCUT2D eigenvalue weighted by molar-refractivity contribution is 5.67. The summed E-state index contributed by atoms with van der Waals surface area (Å²) >= 11 is 0. The third-order valence-corrected chi connectivity index (χ3v) is 3.51. The van der Waals surface area contributed by atoms with E-state index >= 15 is 0 Å². The number of aliphatic carboxylic acids is 1. The molecule has 0 bridgehead atoms. The fourth-order valence-corrected chi connectivity index (χ4v) is 2.14. The largest absolute Gasteiger partial charge is 0.480 e. The maximum absolute atomic E-state index is 10.2. The molecule has 0 saturated carbocycles. The average molecular weight is 338 g/mol. The minimum absolute atomic E-state index is 0.198. The molecule has 0 saturated heterocycles. The van der Waals surface area contributed by atoms with Crippen LogP contribution in [0, 0.1) is 0 Å². The number of rotatable bonds is 16. The average Bonchev–Trinajstić information content (AvgIpc) is 2.55. The molecule has 4 nitrogen and oxygen atoms in total. The van der Waals surface area contributed by atoms with Gasteiger partial charge in [-0.2, -0.15) is 0 Å². The Morgan fingerprint density at radius 3 is 2.62 bits per heavy atom. The van der Waals surface area contributed by atoms with E-state index in [1.54, 1.807) is 0 Å². The first kappa shape index (κ1) is 22.6. The van der Waals surface area contributed by atoms with Crippen molar-refractivity contribution in [2.45, 2.75) is 70.8 Å². The summed E-state index contributed by atoms with van der Waals surface area (Å²) in [6.45, 7) is 2.49. The molecule has 0 aromatic heterocycles. The van der Waals surface area contributed by atoms with Crippen LogP contribution in [0.1, 0.15) is 64.7 Å². The minimum atomic E-state index is -0.910. The van der Waals surface area contributed by atoms with Crippen LogP contribution >= 0.6 is 0 Å². The van der Waals surface area contributed by atoms with Crippen LogP contribution in [0.25, 0.3) is 0 Å². The highest BCUT2D eigenvalue weighted by Crippen LogP contribution is 2.04. The van der Waals surface area contributed by atoms with Gasteiger partial charge in [-0.3, -0.25) is 0 Å². The molecule has 0 aliphatic heterocycles. The second kappa shape index (κ2) is 18.0. The van der Waals surface area contributed by atoms with Crippen molar-refractivity contribution in [3.05, 3.63) is 36.5 Å². The van der Waals surface area contributed by atoms with E-state index in [-0.39, 0.29) is 12.7 Å². The molecular formula is C20H34O4. The molecule has 0 aliphatic carbocycles. The van der Waals surface area contributed by atoms with Gasteiger partial charge in [-0.15, -0.1) is 0 Å². The zero-order valence-electron chi connectivity index (χ0n) is 15.0. The van der Waals surface area contributed by atoms with Crippen molar-refractivity contribution in [2.24, 2.45) is 0 Å². The van der Waals surface area contributed by atoms with Crippen molar-refractivity contribution < 1.29 is 19.7 Å². The van der Waals surface area contributed by atoms with Gasteiger partial charge < -0.3 is 14.9 Å². The minimum Gasteiger partial charge on any atom is -0.480 e. The standard InChI is InChI=1S/C20H34O4/c1-2-3-12-15-19(21)16-13-10-8-6-4-5-7-9-11-14-17-24-18-20(22)23/h4-5,8,10,13,16,19,21H,2-3,6-7,9,11-12,14-15,17-18H2,1H3,(H,22,23)/b5-4+,10-8?,16-13?. The molecule has 4 heteroatoms. The lowest BCUT2D eigenvalue weighted by Crippen LogP contribution is -2.07. The number of hydrogen-bond acceptors (Lipinski definition) is 3. The number of carboxylic acids is 1. The Bertz CT molecular complexity index is 372. The van der Waals surface area contributed by atoms with E-state index in [0.717, 1.165) is 44.9 Å². The number of allylic oxidation sites excluding steroid dienone is 5. The van der Waals surface area contributed by atoms with E-state index in [0.29, 0.717) is 6.61 Å². The smallest absolute Gasteiger partial charge is 0.329 e. The molecule has 1 atom stereocenters. The van der Waals surface area contributed by atoms with Crippen LogP contribution in [0.2, 0.25) is 0 Å². The van der Waals surface area contributed by atoms with Gasteiger partial charge in [0.25, 0.3) is 0 Å². The number of carbonyl (C=O) groups is 1. The quantitative estimate of drug-likeness (QED) is 0.244. The van der Waals surface area contributed by atoms with E-state index in [2.05, 4.69) is 25.2 Å². The van der Waals surface area contributed by atoms with Gasteiger partial charge >= 0.3 is 5.97 Å². The predicted molar refractivity (Wildman–Crippen MR) is 99.1 cm³/mol. The number of unbranched alkanes of at least 4 members (excludes halogenated alkanes) is 5. The first-order valence-corrected chi connectivity index (χ1v) is 9.12. The molecule has 0 heterocycles. The Morgan fingerprint density at radius 2 is 1.88 bits per heavy atom. The van der Waals surface area contributed by atoms with Crippen LogP contribution in [0.4, 0.5) is 0 Å². The van der Waals surface area contributed by atoms with E-state index in [4.69, 9.17) is 9.84 Å². The van der Waals surface area contributed by atoms with Gasteiger partial charge in [0.05, 0.1) is 6.10 Å². The van der Waals surface area contributed by atoms with Gasteiger partial charge in [0, 0.05) is 6.61 Å². The van der Waals surface area contributed by atoms with Crippen molar-refractivity contribution in [3.63, 3.8) is 0 Å². The SMILES string of the molecule is CCCCCC(O)C=CC=CC/C=C/CCCCCOCC(=O)O. The van der Waals surface area contributed by atoms with Crippen LogP contribution in [-0.4, -0.2) is 35.5 Å². The number of hydrogen-bond donors (Lipinski definition) is 2. The van der Waals surface area contributed by atoms with E-state index in [9.17, 15) is 9.90 Å². The Hall–Kier alpha value is -1.39. The Morgan fingerprint density at radius 1 is 1.04 bits per heavy atom. The van der Waals surface area contributed by atoms with Crippen LogP contribution in [0.5, 0.6) is 0 Å². The maximum Gasteiger partial charge on any atom is 0.329 e. The lowest BCUT2D eigenvalue weighted by molar-refractivity contribution is -0.142. The van der Waals surface area contributed by atoms with Crippen molar-refractivity contribution in [1.82, 2.24) is 0 Å². The molecule has 138 valence electrons. The van der Waals surface area contributed by atoms with Gasteiger partial charge in [-0.05, 0) is 32.1 Å². The highest BCUT2D eigenvalue weighted by Gasteiger charge is 1.96. The summed E-state index contributed by atoms with van der Waals surface area (Å²) in [6, 6.07) is 0. The first-order chi connectivity index (χ1) is 11.7. The number of aliphatic hydroxyl groups excluding tert-OH is 1. The summed E-state index contributed by atoms with van der Waals surface area (Å²) in [6.07, 6.45) is 21.1. The van der Waals surface area contributed by atoms with Gasteiger partial charge in [0.1, 0.15) is 6.61 Å². The zero-order chi connectivity index (χ0) is 17.9. The zero-order valence-corrected chi connectivity index (χ0v) is 15.0. The number of ether oxygens (including phenoxy) is 1. The normalized spacial score (nSPS) is 13.4. The summed E-state index contributed by atoms with van der Waals surface area (Å²) < 4.78 is 4.97. The Balaban J connectivity index is 3.43. The Kier molecular flexibility index (Phi) is 16.9. The Labute approximate surface area is 146 Å². The van der Waals surface area contributed by atoms with Gasteiger partial charge in [-0.1, -0.05) is 69.1 Å². The molecule has 0 amide bonds. The van der Waals surface area contributed by atoms with Gasteiger partial charge in [0.15, 0.2) is 0 Å². The number of aliphatic hydroxyl groups is 1. The van der Waals surface area contributed by atoms with Crippen molar-refractivity contribution >= 4 is 5.97 Å². The lowest BCUT2D eigenvalue weighted by Gasteiger charge is -2.02. The van der Waals surface area contributed by atoms with Crippen LogP contribution in [0.3, 0.4) is 0 Å². The molecular weight excluding hydrogens is 304 g/mol. The fourth-order valence-electron chi connectivity index (χ4n) is 2.14. The summed E-state index contributed by atoms with van der Waals surface area (Å²) in [5, 5.41) is 18.1. The van der Waals surface area contributed by atoms with E-state index < -0.39 is 5.97 Å². The summed E-state index contributed by atoms with van der Waals surface area (Å²) in [7, 11) is 0. The first-order valence-electron chi connectivity index (χ1n) is 9.12. The van der Waals surface area contributed by atoms with Crippen molar-refractivity contribution in [2.75, 3.05) is 13.2 Å². The molecule has 0 spiro atoms. The van der Waals surface area contributed by atoms with Crippen LogP contribution in [0.15, 0.2) is 36.5 Å². The van der Waals surface area contributed by atoms with Crippen LogP contribution < -0.4 is 0 Å². The molecule has 0 fully saturated rings.